The van der Waals surface area contributed by atoms with Crippen LogP contribution < -0.4 is 11.2 Å². The molecule has 2 heterocycles. The highest BCUT2D eigenvalue weighted by Gasteiger charge is 2.26. The summed E-state index contributed by atoms with van der Waals surface area (Å²) in [5.41, 5.74) is 0.0160. The van der Waals surface area contributed by atoms with E-state index in [1.54, 1.807) is 7.05 Å². The number of likely N-dealkylation sites (tertiary alicyclic amines) is 1. The average Bonchev–Trinajstić information content (AvgIpc) is 2.50. The maximum atomic E-state index is 11.9. The number of piperidine rings is 1. The molecule has 1 aromatic rings. The molecule has 0 aliphatic carbocycles. The lowest BCUT2D eigenvalue weighted by atomic mass is 9.98. The van der Waals surface area contributed by atoms with Gasteiger partial charge in [-0.3, -0.25) is 23.6 Å². The van der Waals surface area contributed by atoms with Gasteiger partial charge < -0.3 is 4.74 Å². The average molecular weight is 295 g/mol. The van der Waals surface area contributed by atoms with E-state index in [2.05, 4.69) is 4.90 Å². The van der Waals surface area contributed by atoms with Gasteiger partial charge >= 0.3 is 11.7 Å². The molecular formula is C14H21N3O4. The van der Waals surface area contributed by atoms with Crippen molar-refractivity contribution < 1.29 is 9.53 Å². The number of aromatic nitrogens is 2. The van der Waals surface area contributed by atoms with E-state index in [9.17, 15) is 14.4 Å². The van der Waals surface area contributed by atoms with Crippen LogP contribution in [0.15, 0.2) is 15.7 Å². The Balaban J connectivity index is 2.17. The van der Waals surface area contributed by atoms with Gasteiger partial charge in [0.2, 0.25) is 0 Å². The van der Waals surface area contributed by atoms with Crippen molar-refractivity contribution in [2.45, 2.75) is 19.4 Å². The quantitative estimate of drug-likeness (QED) is 0.701. The van der Waals surface area contributed by atoms with Crippen LogP contribution in [0.25, 0.3) is 0 Å². The predicted octanol–water partition coefficient (Wildman–Crippen LogP) is -0.531. The minimum absolute atomic E-state index is 0.132. The summed E-state index contributed by atoms with van der Waals surface area (Å²) < 4.78 is 7.35. The summed E-state index contributed by atoms with van der Waals surface area (Å²) in [5, 5.41) is 0. The number of rotatable bonds is 3. The number of methoxy groups -OCH3 is 1. The molecule has 0 radical (unpaired) electrons. The Morgan fingerprint density at radius 2 is 2.05 bits per heavy atom. The van der Waals surface area contributed by atoms with E-state index in [4.69, 9.17) is 4.74 Å². The maximum absolute atomic E-state index is 11.9. The van der Waals surface area contributed by atoms with Crippen molar-refractivity contribution in [2.24, 2.45) is 20.0 Å². The Bertz CT molecular complexity index is 647. The van der Waals surface area contributed by atoms with Crippen LogP contribution in [0.2, 0.25) is 0 Å². The summed E-state index contributed by atoms with van der Waals surface area (Å²) in [6.07, 6.45) is 1.72. The molecule has 0 spiro atoms. The highest BCUT2D eigenvalue weighted by Crippen LogP contribution is 2.19. The van der Waals surface area contributed by atoms with Gasteiger partial charge in [-0.2, -0.15) is 0 Å². The van der Waals surface area contributed by atoms with Gasteiger partial charge in [0.05, 0.1) is 13.0 Å². The lowest BCUT2D eigenvalue weighted by molar-refractivity contribution is -0.147. The zero-order valence-corrected chi connectivity index (χ0v) is 12.7. The van der Waals surface area contributed by atoms with E-state index in [-0.39, 0.29) is 23.1 Å². The molecule has 1 atom stereocenters. The zero-order chi connectivity index (χ0) is 15.6. The second-order valence-corrected chi connectivity index (χ2v) is 5.47. The van der Waals surface area contributed by atoms with Crippen LogP contribution in [0.5, 0.6) is 0 Å². The van der Waals surface area contributed by atoms with Crippen LogP contribution in [-0.2, 0) is 30.2 Å². The summed E-state index contributed by atoms with van der Waals surface area (Å²) in [5.74, 6) is -0.329. The SMILES string of the molecule is COC(=O)[C@H]1CCCN(Cc2cc(=O)n(C)c(=O)n2C)C1. The molecule has 1 saturated heterocycles. The molecule has 0 bridgehead atoms. The third kappa shape index (κ3) is 3.24. The lowest BCUT2D eigenvalue weighted by Gasteiger charge is -2.31. The smallest absolute Gasteiger partial charge is 0.330 e. The summed E-state index contributed by atoms with van der Waals surface area (Å²) in [6, 6.07) is 1.48. The van der Waals surface area contributed by atoms with Crippen molar-refractivity contribution >= 4 is 5.97 Å². The molecule has 1 aliphatic rings. The van der Waals surface area contributed by atoms with Gasteiger partial charge in [-0.1, -0.05) is 0 Å². The Kier molecular flexibility index (Phi) is 4.62. The van der Waals surface area contributed by atoms with Crippen LogP contribution in [0, 0.1) is 5.92 Å². The van der Waals surface area contributed by atoms with Crippen molar-refractivity contribution in [3.8, 4) is 0 Å². The van der Waals surface area contributed by atoms with Crippen molar-refractivity contribution in [1.82, 2.24) is 14.0 Å². The number of ether oxygens (including phenoxy) is 1. The molecule has 1 aromatic heterocycles. The monoisotopic (exact) mass is 295 g/mol. The fraction of sp³-hybridized carbons (Fsp3) is 0.643. The molecule has 0 saturated carbocycles. The number of hydrogen-bond acceptors (Lipinski definition) is 5. The molecule has 0 aromatic carbocycles. The van der Waals surface area contributed by atoms with Crippen LogP contribution in [-0.4, -0.2) is 40.2 Å². The first-order valence-electron chi connectivity index (χ1n) is 7.00. The molecular weight excluding hydrogens is 274 g/mol. The van der Waals surface area contributed by atoms with Crippen LogP contribution >= 0.6 is 0 Å². The largest absolute Gasteiger partial charge is 0.469 e. The van der Waals surface area contributed by atoms with Gasteiger partial charge in [0.15, 0.2) is 0 Å². The molecule has 7 nitrogen and oxygen atoms in total. The summed E-state index contributed by atoms with van der Waals surface area (Å²) in [7, 11) is 4.51. The second-order valence-electron chi connectivity index (χ2n) is 5.47. The standard InChI is InChI=1S/C14H21N3O4/c1-15-11(7-12(18)16(2)14(15)20)9-17-6-4-5-10(8-17)13(19)21-3/h7,10H,4-6,8-9H2,1-3H3/t10-/m0/s1. The minimum atomic E-state index is -0.334. The maximum Gasteiger partial charge on any atom is 0.330 e. The molecule has 1 fully saturated rings. The van der Waals surface area contributed by atoms with Crippen LogP contribution in [0.4, 0.5) is 0 Å². The Morgan fingerprint density at radius 1 is 1.33 bits per heavy atom. The van der Waals surface area contributed by atoms with Gasteiger partial charge in [-0.15, -0.1) is 0 Å². The fourth-order valence-corrected chi connectivity index (χ4v) is 2.72. The Hall–Kier alpha value is -1.89. The first kappa shape index (κ1) is 15.5. The number of carbonyl (C=O) groups excluding carboxylic acids is 1. The Labute approximate surface area is 122 Å². The number of carbonyl (C=O) groups is 1. The third-order valence-corrected chi connectivity index (χ3v) is 4.05. The van der Waals surface area contributed by atoms with E-state index < -0.39 is 0 Å². The van der Waals surface area contributed by atoms with Crippen molar-refractivity contribution in [3.05, 3.63) is 32.6 Å². The van der Waals surface area contributed by atoms with Gasteiger partial charge in [-0.25, -0.2) is 4.79 Å². The van der Waals surface area contributed by atoms with Gasteiger partial charge in [-0.05, 0) is 19.4 Å². The third-order valence-electron chi connectivity index (χ3n) is 4.05. The number of nitrogens with zero attached hydrogens (tertiary/aromatic N) is 3. The van der Waals surface area contributed by atoms with E-state index in [1.807, 2.05) is 0 Å². The van der Waals surface area contributed by atoms with Gasteiger partial charge in [0, 0.05) is 38.9 Å². The number of hydrogen-bond donors (Lipinski definition) is 0. The summed E-state index contributed by atoms with van der Waals surface area (Å²) in [6.45, 7) is 1.92. The van der Waals surface area contributed by atoms with Crippen LogP contribution in [0.3, 0.4) is 0 Å². The predicted molar refractivity (Wildman–Crippen MR) is 76.9 cm³/mol. The highest BCUT2D eigenvalue weighted by molar-refractivity contribution is 5.72. The van der Waals surface area contributed by atoms with Crippen molar-refractivity contribution in [3.63, 3.8) is 0 Å². The molecule has 0 unspecified atom stereocenters. The first-order chi connectivity index (χ1) is 9.93. The van der Waals surface area contributed by atoms with Gasteiger partial charge in [0.25, 0.3) is 5.56 Å². The highest BCUT2D eigenvalue weighted by atomic mass is 16.5. The van der Waals surface area contributed by atoms with E-state index in [0.29, 0.717) is 18.8 Å². The molecule has 116 valence electrons. The molecule has 1 aliphatic heterocycles. The van der Waals surface area contributed by atoms with E-state index in [1.165, 1.54) is 24.8 Å². The fourth-order valence-electron chi connectivity index (χ4n) is 2.72. The lowest BCUT2D eigenvalue weighted by Crippen LogP contribution is -2.42. The number of esters is 1. The van der Waals surface area contributed by atoms with Crippen molar-refractivity contribution in [2.75, 3.05) is 20.2 Å². The van der Waals surface area contributed by atoms with E-state index in [0.717, 1.165) is 24.0 Å². The topological polar surface area (TPSA) is 73.5 Å². The normalized spacial score (nSPS) is 19.5. The summed E-state index contributed by atoms with van der Waals surface area (Å²) in [4.78, 5) is 37.3. The minimum Gasteiger partial charge on any atom is -0.469 e. The molecule has 7 heteroatoms. The van der Waals surface area contributed by atoms with E-state index >= 15 is 0 Å². The second kappa shape index (κ2) is 6.26. The van der Waals surface area contributed by atoms with Crippen molar-refractivity contribution in [1.29, 1.82) is 0 Å². The first-order valence-corrected chi connectivity index (χ1v) is 7.00. The zero-order valence-electron chi connectivity index (χ0n) is 12.7. The Morgan fingerprint density at radius 3 is 2.71 bits per heavy atom. The summed E-state index contributed by atoms with van der Waals surface area (Å²) >= 11 is 0. The molecule has 21 heavy (non-hydrogen) atoms. The molecule has 0 N–H and O–H groups in total. The van der Waals surface area contributed by atoms with Gasteiger partial charge in [0.1, 0.15) is 0 Å². The van der Waals surface area contributed by atoms with Crippen LogP contribution in [0.1, 0.15) is 18.5 Å². The molecule has 0 amide bonds. The molecule has 2 rings (SSSR count).